The molecule has 13 heavy (non-hydrogen) atoms. The molecule has 0 saturated carbocycles. The second kappa shape index (κ2) is 2.33. The summed E-state index contributed by atoms with van der Waals surface area (Å²) in [6, 6.07) is 8.28. The van der Waals surface area contributed by atoms with Gasteiger partial charge in [-0.15, -0.1) is 0 Å². The molecule has 3 aromatic rings. The lowest BCUT2D eigenvalue weighted by Gasteiger charge is -1.96. The Labute approximate surface area is 75.2 Å². The number of H-pyrrole nitrogens is 1. The van der Waals surface area contributed by atoms with E-state index in [-0.39, 0.29) is 0 Å². The fourth-order valence-electron chi connectivity index (χ4n) is 1.67. The van der Waals surface area contributed by atoms with Gasteiger partial charge in [0.25, 0.3) is 0 Å². The van der Waals surface area contributed by atoms with Gasteiger partial charge in [-0.2, -0.15) is 0 Å². The minimum atomic E-state index is 1.03. The topological polar surface area (TPSA) is 28.7 Å². The van der Waals surface area contributed by atoms with Gasteiger partial charge in [0.05, 0.1) is 5.52 Å². The van der Waals surface area contributed by atoms with Crippen LogP contribution in [0.3, 0.4) is 0 Å². The van der Waals surface area contributed by atoms with Crippen LogP contribution in [0.5, 0.6) is 0 Å². The quantitative estimate of drug-likeness (QED) is 0.549. The highest BCUT2D eigenvalue weighted by Gasteiger charge is 1.99. The summed E-state index contributed by atoms with van der Waals surface area (Å²) in [5, 5.41) is 3.64. The Hall–Kier alpha value is -1.83. The summed E-state index contributed by atoms with van der Waals surface area (Å²) in [7, 11) is 0. The van der Waals surface area contributed by atoms with Gasteiger partial charge in [-0.25, -0.2) is 0 Å². The van der Waals surface area contributed by atoms with Crippen LogP contribution in [0.4, 0.5) is 0 Å². The first-order chi connectivity index (χ1) is 6.45. The molecule has 0 radical (unpaired) electrons. The van der Waals surface area contributed by atoms with Crippen molar-refractivity contribution in [3.8, 4) is 0 Å². The summed E-state index contributed by atoms with van der Waals surface area (Å²) in [6.07, 6.45) is 5.82. The lowest BCUT2D eigenvalue weighted by atomic mass is 10.1. The molecule has 0 amide bonds. The number of nitrogens with one attached hydrogen (secondary N) is 1. The standard InChI is InChI=1S/C11H8N2/c1-2-4-9-8(3-1)5-13-11-7-12-6-10(9)11/h1-7,12H. The zero-order valence-corrected chi connectivity index (χ0v) is 6.99. The number of hydrogen-bond donors (Lipinski definition) is 1. The number of hydrogen-bond acceptors (Lipinski definition) is 1. The van der Waals surface area contributed by atoms with E-state index < -0.39 is 0 Å². The summed E-state index contributed by atoms with van der Waals surface area (Å²) in [4.78, 5) is 7.41. The molecule has 2 heterocycles. The van der Waals surface area contributed by atoms with E-state index in [0.717, 1.165) is 5.52 Å². The van der Waals surface area contributed by atoms with Crippen LogP contribution in [-0.4, -0.2) is 9.97 Å². The lowest BCUT2D eigenvalue weighted by Crippen LogP contribution is -1.76. The van der Waals surface area contributed by atoms with Crippen LogP contribution in [0.15, 0.2) is 42.9 Å². The Morgan fingerprint density at radius 1 is 1.00 bits per heavy atom. The fourth-order valence-corrected chi connectivity index (χ4v) is 1.67. The predicted molar refractivity (Wildman–Crippen MR) is 53.6 cm³/mol. The molecule has 0 spiro atoms. The second-order valence-electron chi connectivity index (χ2n) is 3.10. The van der Waals surface area contributed by atoms with Gasteiger partial charge in [-0.05, 0) is 5.39 Å². The summed E-state index contributed by atoms with van der Waals surface area (Å²) in [6.45, 7) is 0. The molecule has 62 valence electrons. The van der Waals surface area contributed by atoms with Gasteiger partial charge in [0.15, 0.2) is 0 Å². The normalized spacial score (nSPS) is 11.1. The van der Waals surface area contributed by atoms with Crippen molar-refractivity contribution in [1.29, 1.82) is 0 Å². The molecule has 0 aliphatic carbocycles. The van der Waals surface area contributed by atoms with Gasteiger partial charge >= 0.3 is 0 Å². The van der Waals surface area contributed by atoms with Crippen molar-refractivity contribution in [3.05, 3.63) is 42.9 Å². The molecule has 0 fully saturated rings. The lowest BCUT2D eigenvalue weighted by molar-refractivity contribution is 1.40. The average Bonchev–Trinajstić information content (AvgIpc) is 2.65. The molecular formula is C11H8N2. The smallest absolute Gasteiger partial charge is 0.0882 e. The molecule has 3 rings (SSSR count). The number of fused-ring (bicyclic) bond motifs is 3. The third kappa shape index (κ3) is 0.855. The van der Waals surface area contributed by atoms with Crippen molar-refractivity contribution in [2.75, 3.05) is 0 Å². The highest BCUT2D eigenvalue weighted by Crippen LogP contribution is 2.22. The SMILES string of the molecule is c1ccc2c(c1)cnc1c[nH]cc12. The molecular weight excluding hydrogens is 160 g/mol. The molecule has 1 N–H and O–H groups in total. The van der Waals surface area contributed by atoms with Gasteiger partial charge in [0, 0.05) is 29.4 Å². The molecule has 0 aliphatic rings. The molecule has 0 atom stereocenters. The highest BCUT2D eigenvalue weighted by molar-refractivity contribution is 6.04. The van der Waals surface area contributed by atoms with E-state index in [2.05, 4.69) is 28.2 Å². The van der Waals surface area contributed by atoms with Crippen LogP contribution >= 0.6 is 0 Å². The fraction of sp³-hybridized carbons (Fsp3) is 0. The predicted octanol–water partition coefficient (Wildman–Crippen LogP) is 2.72. The molecule has 2 nitrogen and oxygen atoms in total. The number of benzene rings is 1. The van der Waals surface area contributed by atoms with Crippen molar-refractivity contribution in [2.45, 2.75) is 0 Å². The van der Waals surface area contributed by atoms with Gasteiger partial charge in [-0.1, -0.05) is 24.3 Å². The maximum atomic E-state index is 4.34. The summed E-state index contributed by atoms with van der Waals surface area (Å²) >= 11 is 0. The first-order valence-corrected chi connectivity index (χ1v) is 4.25. The van der Waals surface area contributed by atoms with E-state index in [1.807, 2.05) is 24.7 Å². The van der Waals surface area contributed by atoms with E-state index >= 15 is 0 Å². The monoisotopic (exact) mass is 168 g/mol. The summed E-state index contributed by atoms with van der Waals surface area (Å²) < 4.78 is 0. The number of aromatic amines is 1. The van der Waals surface area contributed by atoms with E-state index in [4.69, 9.17) is 0 Å². The van der Waals surface area contributed by atoms with Crippen molar-refractivity contribution >= 4 is 21.7 Å². The van der Waals surface area contributed by atoms with Crippen LogP contribution in [-0.2, 0) is 0 Å². The summed E-state index contributed by atoms with van der Waals surface area (Å²) in [5.41, 5.74) is 1.03. The van der Waals surface area contributed by atoms with E-state index in [9.17, 15) is 0 Å². The molecule has 0 unspecified atom stereocenters. The van der Waals surface area contributed by atoms with Crippen LogP contribution in [0.1, 0.15) is 0 Å². The zero-order valence-electron chi connectivity index (χ0n) is 6.99. The van der Waals surface area contributed by atoms with E-state index in [1.54, 1.807) is 0 Å². The third-order valence-corrected chi connectivity index (χ3v) is 2.32. The Morgan fingerprint density at radius 2 is 1.92 bits per heavy atom. The number of nitrogens with zero attached hydrogens (tertiary/aromatic N) is 1. The largest absolute Gasteiger partial charge is 0.365 e. The van der Waals surface area contributed by atoms with Crippen molar-refractivity contribution in [3.63, 3.8) is 0 Å². The molecule has 1 aromatic carbocycles. The Kier molecular flexibility index (Phi) is 1.19. The van der Waals surface area contributed by atoms with Crippen LogP contribution in [0.25, 0.3) is 21.7 Å². The number of pyridine rings is 1. The van der Waals surface area contributed by atoms with Crippen molar-refractivity contribution in [1.82, 2.24) is 9.97 Å². The molecule has 2 aromatic heterocycles. The zero-order chi connectivity index (χ0) is 8.67. The Bertz CT molecular complexity index is 566. The van der Waals surface area contributed by atoms with Gasteiger partial charge in [0.1, 0.15) is 0 Å². The first kappa shape index (κ1) is 6.66. The number of aromatic nitrogens is 2. The van der Waals surface area contributed by atoms with Crippen LogP contribution in [0, 0.1) is 0 Å². The maximum absolute atomic E-state index is 4.34. The maximum Gasteiger partial charge on any atom is 0.0882 e. The number of rotatable bonds is 0. The highest BCUT2D eigenvalue weighted by atomic mass is 14.7. The molecule has 0 aliphatic heterocycles. The van der Waals surface area contributed by atoms with Crippen molar-refractivity contribution < 1.29 is 0 Å². The Morgan fingerprint density at radius 3 is 2.92 bits per heavy atom. The average molecular weight is 168 g/mol. The third-order valence-electron chi connectivity index (χ3n) is 2.32. The van der Waals surface area contributed by atoms with Gasteiger partial charge in [-0.3, -0.25) is 4.98 Å². The molecule has 0 bridgehead atoms. The Balaban J connectivity index is 2.65. The first-order valence-electron chi connectivity index (χ1n) is 4.25. The van der Waals surface area contributed by atoms with E-state index in [0.29, 0.717) is 0 Å². The van der Waals surface area contributed by atoms with E-state index in [1.165, 1.54) is 16.2 Å². The molecule has 2 heteroatoms. The second-order valence-corrected chi connectivity index (χ2v) is 3.10. The van der Waals surface area contributed by atoms with Crippen LogP contribution < -0.4 is 0 Å². The van der Waals surface area contributed by atoms with Gasteiger partial charge in [0.2, 0.25) is 0 Å². The van der Waals surface area contributed by atoms with Gasteiger partial charge < -0.3 is 4.98 Å². The summed E-state index contributed by atoms with van der Waals surface area (Å²) in [5.74, 6) is 0. The van der Waals surface area contributed by atoms with Crippen LogP contribution in [0.2, 0.25) is 0 Å². The van der Waals surface area contributed by atoms with Crippen molar-refractivity contribution in [2.24, 2.45) is 0 Å². The minimum absolute atomic E-state index is 1.03. The molecule has 0 saturated heterocycles. The minimum Gasteiger partial charge on any atom is -0.365 e.